The van der Waals surface area contributed by atoms with Gasteiger partial charge in [0.1, 0.15) is 5.78 Å². The van der Waals surface area contributed by atoms with Crippen LogP contribution < -0.4 is 0 Å². The smallest absolute Gasteiger partial charge is 0.143 e. The molecule has 2 nitrogen and oxygen atoms in total. The van der Waals surface area contributed by atoms with Crippen molar-refractivity contribution in [3.05, 3.63) is 71.8 Å². The predicted octanol–water partition coefficient (Wildman–Crippen LogP) is 5.27. The molecule has 0 spiro atoms. The fourth-order valence-corrected chi connectivity index (χ4v) is 5.94. The van der Waals surface area contributed by atoms with E-state index in [1.54, 1.807) is 11.8 Å². The molecule has 2 unspecified atom stereocenters. The normalized spacial score (nSPS) is 21.7. The van der Waals surface area contributed by atoms with Gasteiger partial charge in [-0.15, -0.1) is 11.8 Å². The second-order valence-electron chi connectivity index (χ2n) is 6.92. The third-order valence-electron chi connectivity index (χ3n) is 5.08. The molecule has 0 saturated carbocycles. The molecule has 0 N–H and O–H groups in total. The zero-order chi connectivity index (χ0) is 18.6. The fraction of sp³-hybridized carbons (Fsp3) is 0.318. The van der Waals surface area contributed by atoms with E-state index in [9.17, 15) is 9.00 Å². The first-order chi connectivity index (χ1) is 12.5. The first-order valence-electron chi connectivity index (χ1n) is 8.84. The summed E-state index contributed by atoms with van der Waals surface area (Å²) in [5.74, 6) is 1.40. The third kappa shape index (κ3) is 4.18. The van der Waals surface area contributed by atoms with E-state index in [-0.39, 0.29) is 5.78 Å². The molecule has 0 amide bonds. The SMILES string of the molecule is CC1=C(CS(=O)c2ccccc2)C(C)(CSc2ccccc2)C(=O)CC1. The monoisotopic (exact) mass is 384 g/mol. The van der Waals surface area contributed by atoms with E-state index in [0.717, 1.165) is 21.8 Å². The van der Waals surface area contributed by atoms with Gasteiger partial charge in [-0.05, 0) is 50.1 Å². The summed E-state index contributed by atoms with van der Waals surface area (Å²) in [6.07, 6.45) is 1.37. The van der Waals surface area contributed by atoms with Crippen molar-refractivity contribution in [3.63, 3.8) is 0 Å². The summed E-state index contributed by atoms with van der Waals surface area (Å²) in [5.41, 5.74) is 1.75. The molecule has 0 bridgehead atoms. The van der Waals surface area contributed by atoms with E-state index in [4.69, 9.17) is 0 Å². The Morgan fingerprint density at radius 3 is 2.27 bits per heavy atom. The van der Waals surface area contributed by atoms with Gasteiger partial charge < -0.3 is 0 Å². The molecule has 26 heavy (non-hydrogen) atoms. The van der Waals surface area contributed by atoms with Gasteiger partial charge in [0.2, 0.25) is 0 Å². The summed E-state index contributed by atoms with van der Waals surface area (Å²) in [6, 6.07) is 19.7. The number of hydrogen-bond donors (Lipinski definition) is 0. The minimum Gasteiger partial charge on any atom is -0.299 e. The second-order valence-corrected chi connectivity index (χ2v) is 9.42. The number of Topliss-reactive ketones (excluding diaryl/α,β-unsaturated/α-hetero) is 1. The highest BCUT2D eigenvalue weighted by molar-refractivity contribution is 7.99. The first kappa shape index (κ1) is 19.1. The minimum absolute atomic E-state index is 0.270. The number of thioether (sulfide) groups is 1. The molecule has 0 aromatic heterocycles. The Bertz CT molecular complexity index is 828. The van der Waals surface area contributed by atoms with Crippen molar-refractivity contribution < 1.29 is 9.00 Å². The van der Waals surface area contributed by atoms with Gasteiger partial charge in [-0.25, -0.2) is 0 Å². The highest BCUT2D eigenvalue weighted by Crippen LogP contribution is 2.42. The number of carbonyl (C=O) groups is 1. The van der Waals surface area contributed by atoms with E-state index in [2.05, 4.69) is 19.1 Å². The maximum absolute atomic E-state index is 12.9. The molecule has 0 heterocycles. The van der Waals surface area contributed by atoms with Gasteiger partial charge in [0.25, 0.3) is 0 Å². The van der Waals surface area contributed by atoms with Crippen LogP contribution in [-0.4, -0.2) is 21.5 Å². The van der Waals surface area contributed by atoms with E-state index >= 15 is 0 Å². The standard InChI is InChI=1S/C22H24O2S2/c1-17-13-14-21(23)22(2,16-25-18-9-5-3-6-10-18)20(17)15-26(24)19-11-7-4-8-12-19/h3-12H,13-16H2,1-2H3. The van der Waals surface area contributed by atoms with Crippen LogP contribution in [0.15, 0.2) is 81.6 Å². The van der Waals surface area contributed by atoms with E-state index < -0.39 is 16.2 Å². The first-order valence-corrected chi connectivity index (χ1v) is 11.1. The van der Waals surface area contributed by atoms with Crippen LogP contribution in [0, 0.1) is 5.41 Å². The Hall–Kier alpha value is -1.65. The molecular weight excluding hydrogens is 360 g/mol. The van der Waals surface area contributed by atoms with Crippen LogP contribution in [0.1, 0.15) is 26.7 Å². The molecule has 2 atom stereocenters. The van der Waals surface area contributed by atoms with Crippen molar-refractivity contribution in [2.45, 2.75) is 36.5 Å². The number of benzene rings is 2. The Balaban J connectivity index is 1.84. The predicted molar refractivity (Wildman–Crippen MR) is 110 cm³/mol. The molecule has 0 saturated heterocycles. The van der Waals surface area contributed by atoms with E-state index in [0.29, 0.717) is 17.9 Å². The average Bonchev–Trinajstić information content (AvgIpc) is 2.68. The topological polar surface area (TPSA) is 34.1 Å². The summed E-state index contributed by atoms with van der Waals surface area (Å²) in [6.45, 7) is 4.13. The van der Waals surface area contributed by atoms with Crippen LogP contribution in [0.4, 0.5) is 0 Å². The molecule has 3 rings (SSSR count). The van der Waals surface area contributed by atoms with Crippen molar-refractivity contribution in [2.75, 3.05) is 11.5 Å². The van der Waals surface area contributed by atoms with Crippen molar-refractivity contribution >= 4 is 28.3 Å². The van der Waals surface area contributed by atoms with Crippen LogP contribution in [-0.2, 0) is 15.6 Å². The summed E-state index contributed by atoms with van der Waals surface area (Å²) in [5, 5.41) is 0. The van der Waals surface area contributed by atoms with Crippen molar-refractivity contribution in [1.29, 1.82) is 0 Å². The molecule has 0 radical (unpaired) electrons. The maximum atomic E-state index is 12.9. The van der Waals surface area contributed by atoms with Crippen LogP contribution >= 0.6 is 11.8 Å². The molecule has 0 aliphatic heterocycles. The largest absolute Gasteiger partial charge is 0.299 e. The third-order valence-corrected chi connectivity index (χ3v) is 7.75. The molecule has 0 fully saturated rings. The van der Waals surface area contributed by atoms with Gasteiger partial charge in [-0.2, -0.15) is 0 Å². The number of hydrogen-bond acceptors (Lipinski definition) is 3. The van der Waals surface area contributed by atoms with Crippen molar-refractivity contribution in [2.24, 2.45) is 5.41 Å². The zero-order valence-corrected chi connectivity index (χ0v) is 16.9. The lowest BCUT2D eigenvalue weighted by Gasteiger charge is -2.36. The number of rotatable bonds is 6. The lowest BCUT2D eigenvalue weighted by molar-refractivity contribution is -0.125. The Morgan fingerprint density at radius 2 is 1.62 bits per heavy atom. The number of ketones is 1. The molecule has 2 aromatic rings. The summed E-state index contributed by atoms with van der Waals surface area (Å²) >= 11 is 1.70. The minimum atomic E-state index is -1.13. The lowest BCUT2D eigenvalue weighted by atomic mass is 9.72. The molecule has 1 aliphatic carbocycles. The molecule has 4 heteroatoms. The Kier molecular flexibility index (Phi) is 6.15. The van der Waals surface area contributed by atoms with Crippen LogP contribution in [0.2, 0.25) is 0 Å². The van der Waals surface area contributed by atoms with E-state index in [1.807, 2.05) is 55.5 Å². The van der Waals surface area contributed by atoms with Crippen LogP contribution in [0.3, 0.4) is 0 Å². The lowest BCUT2D eigenvalue weighted by Crippen LogP contribution is -2.38. The Morgan fingerprint density at radius 1 is 1.00 bits per heavy atom. The zero-order valence-electron chi connectivity index (χ0n) is 15.2. The molecule has 1 aliphatic rings. The molecular formula is C22H24O2S2. The van der Waals surface area contributed by atoms with Gasteiger partial charge in [0.15, 0.2) is 0 Å². The van der Waals surface area contributed by atoms with Gasteiger partial charge in [0.05, 0.1) is 22.0 Å². The van der Waals surface area contributed by atoms with Gasteiger partial charge >= 0.3 is 0 Å². The Labute approximate surface area is 162 Å². The maximum Gasteiger partial charge on any atom is 0.143 e. The summed E-state index contributed by atoms with van der Waals surface area (Å²) in [7, 11) is -1.13. The second kappa shape index (κ2) is 8.36. The quantitative estimate of drug-likeness (QED) is 0.502. The van der Waals surface area contributed by atoms with Gasteiger partial charge in [-0.1, -0.05) is 42.0 Å². The summed E-state index contributed by atoms with van der Waals surface area (Å²) < 4.78 is 12.9. The fourth-order valence-electron chi connectivity index (χ4n) is 3.35. The summed E-state index contributed by atoms with van der Waals surface area (Å²) in [4.78, 5) is 14.8. The molecule has 2 aromatic carbocycles. The number of allylic oxidation sites excluding steroid dienone is 1. The van der Waals surface area contributed by atoms with Gasteiger partial charge in [-0.3, -0.25) is 9.00 Å². The highest BCUT2D eigenvalue weighted by Gasteiger charge is 2.40. The van der Waals surface area contributed by atoms with Gasteiger partial charge in [0, 0.05) is 22.0 Å². The van der Waals surface area contributed by atoms with E-state index in [1.165, 1.54) is 5.57 Å². The average molecular weight is 385 g/mol. The number of carbonyl (C=O) groups excluding carboxylic acids is 1. The molecule has 136 valence electrons. The van der Waals surface area contributed by atoms with Crippen molar-refractivity contribution in [1.82, 2.24) is 0 Å². The van der Waals surface area contributed by atoms with Crippen LogP contribution in [0.5, 0.6) is 0 Å². The van der Waals surface area contributed by atoms with Crippen molar-refractivity contribution in [3.8, 4) is 0 Å². The van der Waals surface area contributed by atoms with Crippen LogP contribution in [0.25, 0.3) is 0 Å². The highest BCUT2D eigenvalue weighted by atomic mass is 32.2.